The van der Waals surface area contributed by atoms with E-state index in [0.29, 0.717) is 0 Å². The summed E-state index contributed by atoms with van der Waals surface area (Å²) in [6.45, 7) is 0.0568. The number of nitrogens with zero attached hydrogens (tertiary/aromatic N) is 3. The first-order valence-corrected chi connectivity index (χ1v) is 5.36. The monoisotopic (exact) mass is 225 g/mol. The van der Waals surface area contributed by atoms with Gasteiger partial charge in [-0.15, -0.1) is 0 Å². The van der Waals surface area contributed by atoms with Crippen molar-refractivity contribution in [3.8, 4) is 11.3 Å². The minimum Gasteiger partial charge on any atom is -0.392 e. The normalized spacial score (nSPS) is 10.9. The maximum atomic E-state index is 9.01. The van der Waals surface area contributed by atoms with Crippen molar-refractivity contribution in [2.75, 3.05) is 0 Å². The molecule has 3 aromatic rings. The summed E-state index contributed by atoms with van der Waals surface area (Å²) in [7, 11) is 0. The Labute approximate surface area is 98.2 Å². The van der Waals surface area contributed by atoms with E-state index in [1.165, 1.54) is 0 Å². The highest BCUT2D eigenvalue weighted by atomic mass is 16.3. The molecule has 4 heteroatoms. The van der Waals surface area contributed by atoms with Crippen LogP contribution in [-0.2, 0) is 6.61 Å². The van der Waals surface area contributed by atoms with Crippen LogP contribution in [0.2, 0.25) is 0 Å². The van der Waals surface area contributed by atoms with Crippen molar-refractivity contribution < 1.29 is 5.11 Å². The number of benzene rings is 1. The Morgan fingerprint density at radius 1 is 1.00 bits per heavy atom. The lowest BCUT2D eigenvalue weighted by atomic mass is 10.1. The minimum atomic E-state index is 0.0568. The quantitative estimate of drug-likeness (QED) is 0.724. The van der Waals surface area contributed by atoms with Gasteiger partial charge in [-0.05, 0) is 5.56 Å². The predicted octanol–water partition coefficient (Wildman–Crippen LogP) is 1.89. The van der Waals surface area contributed by atoms with E-state index in [1.807, 2.05) is 41.1 Å². The molecule has 0 fully saturated rings. The highest BCUT2D eigenvalue weighted by Crippen LogP contribution is 2.21. The van der Waals surface area contributed by atoms with Crippen LogP contribution in [0.4, 0.5) is 0 Å². The first-order valence-electron chi connectivity index (χ1n) is 5.36. The predicted molar refractivity (Wildman–Crippen MR) is 64.3 cm³/mol. The van der Waals surface area contributed by atoms with Crippen LogP contribution in [0, 0.1) is 0 Å². The van der Waals surface area contributed by atoms with Gasteiger partial charge in [0.25, 0.3) is 0 Å². The van der Waals surface area contributed by atoms with Crippen molar-refractivity contribution in [3.63, 3.8) is 0 Å². The van der Waals surface area contributed by atoms with Crippen LogP contribution in [0.1, 0.15) is 5.56 Å². The Hall–Kier alpha value is -2.20. The fourth-order valence-corrected chi connectivity index (χ4v) is 1.83. The van der Waals surface area contributed by atoms with Gasteiger partial charge in [-0.2, -0.15) is 0 Å². The molecule has 84 valence electrons. The van der Waals surface area contributed by atoms with E-state index < -0.39 is 0 Å². The van der Waals surface area contributed by atoms with Crippen LogP contribution < -0.4 is 0 Å². The molecule has 0 atom stereocenters. The van der Waals surface area contributed by atoms with E-state index in [-0.39, 0.29) is 6.61 Å². The van der Waals surface area contributed by atoms with E-state index in [9.17, 15) is 0 Å². The number of hydrogen-bond donors (Lipinski definition) is 1. The molecule has 0 radical (unpaired) electrons. The third-order valence-corrected chi connectivity index (χ3v) is 2.72. The van der Waals surface area contributed by atoms with Crippen molar-refractivity contribution >= 4 is 5.65 Å². The maximum Gasteiger partial charge on any atom is 0.163 e. The van der Waals surface area contributed by atoms with Crippen LogP contribution in [0.5, 0.6) is 0 Å². The molecule has 0 spiro atoms. The van der Waals surface area contributed by atoms with Crippen LogP contribution >= 0.6 is 0 Å². The molecule has 1 N–H and O–H groups in total. The standard InChI is InChI=1S/C13H11N3O/c17-9-10-1-3-11(4-2-10)12-13-15-6-8-16(13)7-5-14-12/h1-8,17H,9H2. The summed E-state index contributed by atoms with van der Waals surface area (Å²) in [5, 5.41) is 9.01. The van der Waals surface area contributed by atoms with Crippen LogP contribution in [0.25, 0.3) is 16.9 Å². The summed E-state index contributed by atoms with van der Waals surface area (Å²) in [4.78, 5) is 8.65. The van der Waals surface area contributed by atoms with Crippen molar-refractivity contribution in [1.82, 2.24) is 14.4 Å². The van der Waals surface area contributed by atoms with Gasteiger partial charge in [-0.25, -0.2) is 4.98 Å². The zero-order chi connectivity index (χ0) is 11.7. The molecule has 2 aromatic heterocycles. The largest absolute Gasteiger partial charge is 0.392 e. The van der Waals surface area contributed by atoms with Gasteiger partial charge in [-0.1, -0.05) is 24.3 Å². The number of rotatable bonds is 2. The second kappa shape index (κ2) is 3.99. The topological polar surface area (TPSA) is 50.4 Å². The molecule has 4 nitrogen and oxygen atoms in total. The molecule has 2 heterocycles. The van der Waals surface area contributed by atoms with E-state index >= 15 is 0 Å². The molecule has 1 aromatic carbocycles. The smallest absolute Gasteiger partial charge is 0.163 e. The number of aromatic nitrogens is 3. The lowest BCUT2D eigenvalue weighted by Gasteiger charge is -2.03. The molecule has 0 saturated heterocycles. The molecule has 17 heavy (non-hydrogen) atoms. The first kappa shape index (κ1) is 9.99. The van der Waals surface area contributed by atoms with Crippen molar-refractivity contribution in [1.29, 1.82) is 0 Å². The van der Waals surface area contributed by atoms with Crippen LogP contribution in [0.15, 0.2) is 49.1 Å². The Balaban J connectivity index is 2.16. The maximum absolute atomic E-state index is 9.01. The molecule has 0 saturated carbocycles. The SMILES string of the molecule is OCc1ccc(-c2nccn3ccnc23)cc1. The number of fused-ring (bicyclic) bond motifs is 1. The van der Waals surface area contributed by atoms with Crippen molar-refractivity contribution in [2.45, 2.75) is 6.61 Å². The molecule has 0 bridgehead atoms. The van der Waals surface area contributed by atoms with E-state index in [0.717, 1.165) is 22.5 Å². The molecule has 0 aliphatic rings. The van der Waals surface area contributed by atoms with Gasteiger partial charge >= 0.3 is 0 Å². The van der Waals surface area contributed by atoms with E-state index in [4.69, 9.17) is 5.11 Å². The summed E-state index contributed by atoms with van der Waals surface area (Å²) in [5.41, 5.74) is 3.58. The number of aliphatic hydroxyl groups is 1. The van der Waals surface area contributed by atoms with Crippen molar-refractivity contribution in [3.05, 3.63) is 54.6 Å². The Morgan fingerprint density at radius 3 is 2.41 bits per heavy atom. The molecule has 0 unspecified atom stereocenters. The Morgan fingerprint density at radius 2 is 1.71 bits per heavy atom. The summed E-state index contributed by atoms with van der Waals surface area (Å²) in [6.07, 6.45) is 7.27. The van der Waals surface area contributed by atoms with E-state index in [2.05, 4.69) is 9.97 Å². The Kier molecular flexibility index (Phi) is 2.34. The Bertz CT molecular complexity index is 643. The van der Waals surface area contributed by atoms with Crippen LogP contribution in [0.3, 0.4) is 0 Å². The molecule has 0 amide bonds. The summed E-state index contributed by atoms with van der Waals surface area (Å²) in [5.74, 6) is 0. The van der Waals surface area contributed by atoms with E-state index in [1.54, 1.807) is 12.4 Å². The summed E-state index contributed by atoms with van der Waals surface area (Å²) in [6, 6.07) is 7.68. The van der Waals surface area contributed by atoms with Gasteiger partial charge in [-0.3, -0.25) is 4.98 Å². The third kappa shape index (κ3) is 1.68. The summed E-state index contributed by atoms with van der Waals surface area (Å²) >= 11 is 0. The third-order valence-electron chi connectivity index (χ3n) is 2.72. The highest BCUT2D eigenvalue weighted by Gasteiger charge is 2.06. The molecular formula is C13H11N3O. The average Bonchev–Trinajstić information content (AvgIpc) is 2.87. The van der Waals surface area contributed by atoms with Crippen molar-refractivity contribution in [2.24, 2.45) is 0 Å². The molecular weight excluding hydrogens is 214 g/mol. The van der Waals surface area contributed by atoms with Gasteiger partial charge in [0.05, 0.1) is 6.61 Å². The van der Waals surface area contributed by atoms with Crippen LogP contribution in [-0.4, -0.2) is 19.5 Å². The minimum absolute atomic E-state index is 0.0568. The second-order valence-electron chi connectivity index (χ2n) is 3.79. The fourth-order valence-electron chi connectivity index (χ4n) is 1.83. The summed E-state index contributed by atoms with van der Waals surface area (Å²) < 4.78 is 1.93. The lowest BCUT2D eigenvalue weighted by molar-refractivity contribution is 0.282. The number of aliphatic hydroxyl groups excluding tert-OH is 1. The van der Waals surface area contributed by atoms with Gasteiger partial charge in [0.15, 0.2) is 5.65 Å². The molecule has 0 aliphatic carbocycles. The first-order chi connectivity index (χ1) is 8.38. The highest BCUT2D eigenvalue weighted by molar-refractivity contribution is 5.73. The zero-order valence-corrected chi connectivity index (χ0v) is 9.11. The zero-order valence-electron chi connectivity index (χ0n) is 9.11. The van der Waals surface area contributed by atoms with Gasteiger partial charge < -0.3 is 9.51 Å². The van der Waals surface area contributed by atoms with Gasteiger partial charge in [0, 0.05) is 30.4 Å². The average molecular weight is 225 g/mol. The second-order valence-corrected chi connectivity index (χ2v) is 3.79. The molecule has 3 rings (SSSR count). The van der Waals surface area contributed by atoms with Gasteiger partial charge in [0.2, 0.25) is 0 Å². The fraction of sp³-hybridized carbons (Fsp3) is 0.0769. The number of hydrogen-bond acceptors (Lipinski definition) is 3. The lowest BCUT2D eigenvalue weighted by Crippen LogP contribution is -1.91. The van der Waals surface area contributed by atoms with Gasteiger partial charge in [0.1, 0.15) is 5.69 Å². The molecule has 0 aliphatic heterocycles. The number of imidazole rings is 1.